The molecule has 4 rings (SSSR count). The van der Waals surface area contributed by atoms with Crippen LogP contribution in [0.1, 0.15) is 60.8 Å². The highest BCUT2D eigenvalue weighted by Crippen LogP contribution is 2.46. The molecule has 1 N–H and O–H groups in total. The van der Waals surface area contributed by atoms with Crippen molar-refractivity contribution in [3.05, 3.63) is 64.7 Å². The maximum absolute atomic E-state index is 9.65. The van der Waals surface area contributed by atoms with Crippen LogP contribution in [0.5, 0.6) is 5.75 Å². The van der Waals surface area contributed by atoms with Gasteiger partial charge in [-0.2, -0.15) is 0 Å². The lowest BCUT2D eigenvalue weighted by molar-refractivity contribution is 0.147. The van der Waals surface area contributed by atoms with E-state index in [4.69, 9.17) is 4.74 Å². The van der Waals surface area contributed by atoms with Crippen LogP contribution in [0.2, 0.25) is 0 Å². The van der Waals surface area contributed by atoms with Crippen molar-refractivity contribution < 1.29 is 9.84 Å². The van der Waals surface area contributed by atoms with E-state index in [1.54, 1.807) is 0 Å². The Kier molecular flexibility index (Phi) is 5.27. The molecule has 2 aliphatic rings. The fourth-order valence-corrected chi connectivity index (χ4v) is 4.92. The molecule has 0 aromatic heterocycles. The number of para-hydroxylation sites is 1. The second-order valence-corrected chi connectivity index (χ2v) is 9.12. The Labute approximate surface area is 163 Å². The minimum absolute atomic E-state index is 0.124. The van der Waals surface area contributed by atoms with Crippen LogP contribution < -0.4 is 4.74 Å². The van der Waals surface area contributed by atoms with Gasteiger partial charge in [-0.05, 0) is 91.0 Å². The van der Waals surface area contributed by atoms with Crippen molar-refractivity contribution in [2.24, 2.45) is 11.3 Å². The normalized spacial score (nSPS) is 27.4. The highest BCUT2D eigenvalue weighted by Gasteiger charge is 2.35. The summed E-state index contributed by atoms with van der Waals surface area (Å²) in [6.45, 7) is 5.46. The lowest BCUT2D eigenvalue weighted by Crippen LogP contribution is -2.21. The Balaban J connectivity index is 1.39. The van der Waals surface area contributed by atoms with Crippen molar-refractivity contribution in [3.8, 4) is 5.75 Å². The first-order valence-corrected chi connectivity index (χ1v) is 10.5. The van der Waals surface area contributed by atoms with Crippen LogP contribution in [0.25, 0.3) is 0 Å². The molecule has 0 radical (unpaired) electrons. The molecule has 1 saturated carbocycles. The van der Waals surface area contributed by atoms with Gasteiger partial charge in [0, 0.05) is 6.61 Å². The summed E-state index contributed by atoms with van der Waals surface area (Å²) in [6.07, 6.45) is 6.97. The van der Waals surface area contributed by atoms with Gasteiger partial charge in [0.1, 0.15) is 5.75 Å². The predicted octanol–water partition coefficient (Wildman–Crippen LogP) is 5.45. The number of hydrogen-bond acceptors (Lipinski definition) is 2. The molecule has 2 nitrogen and oxygen atoms in total. The third kappa shape index (κ3) is 4.06. The van der Waals surface area contributed by atoms with E-state index in [0.29, 0.717) is 18.4 Å². The first-order valence-electron chi connectivity index (χ1n) is 10.5. The van der Waals surface area contributed by atoms with E-state index in [9.17, 15) is 5.11 Å². The molecule has 0 aliphatic heterocycles. The maximum Gasteiger partial charge on any atom is 0.122 e. The van der Waals surface area contributed by atoms with Gasteiger partial charge in [-0.1, -0.05) is 43.3 Å². The molecule has 2 heteroatoms. The van der Waals surface area contributed by atoms with Gasteiger partial charge in [0.05, 0.1) is 6.61 Å². The third-order valence-corrected chi connectivity index (χ3v) is 6.82. The number of rotatable bonds is 5. The molecule has 1 fully saturated rings. The molecule has 2 aliphatic carbocycles. The van der Waals surface area contributed by atoms with Crippen molar-refractivity contribution in [2.75, 3.05) is 13.2 Å². The molecule has 0 saturated heterocycles. The molecule has 0 unspecified atom stereocenters. The van der Waals surface area contributed by atoms with Gasteiger partial charge in [-0.3, -0.25) is 0 Å². The van der Waals surface area contributed by atoms with E-state index in [-0.39, 0.29) is 5.41 Å². The predicted molar refractivity (Wildman–Crippen MR) is 110 cm³/mol. The monoisotopic (exact) mass is 364 g/mol. The largest absolute Gasteiger partial charge is 0.493 e. The quantitative estimate of drug-likeness (QED) is 0.765. The zero-order valence-corrected chi connectivity index (χ0v) is 16.7. The molecule has 0 heterocycles. The lowest BCUT2D eigenvalue weighted by Gasteiger charge is -2.26. The Bertz CT molecular complexity index is 797. The van der Waals surface area contributed by atoms with Crippen molar-refractivity contribution >= 4 is 0 Å². The zero-order chi connectivity index (χ0) is 18.9. The lowest BCUT2D eigenvalue weighted by atomic mass is 9.81. The average Bonchev–Trinajstić information content (AvgIpc) is 3.10. The molecular formula is C25H32O2. The summed E-state index contributed by atoms with van der Waals surface area (Å²) < 4.78 is 6.11. The van der Waals surface area contributed by atoms with Crippen LogP contribution in [0.15, 0.2) is 42.5 Å². The number of aryl methyl sites for hydroxylation is 2. The van der Waals surface area contributed by atoms with Crippen molar-refractivity contribution in [3.63, 3.8) is 0 Å². The van der Waals surface area contributed by atoms with Crippen molar-refractivity contribution in [2.45, 2.75) is 58.3 Å². The first-order chi connectivity index (χ1) is 13.1. The molecule has 0 amide bonds. The number of aliphatic hydroxyl groups is 1. The molecule has 2 aromatic carbocycles. The van der Waals surface area contributed by atoms with E-state index in [1.807, 2.05) is 6.07 Å². The molecular weight excluding hydrogens is 332 g/mol. The number of ether oxygens (including phenoxy) is 1. The van der Waals surface area contributed by atoms with Crippen molar-refractivity contribution in [1.29, 1.82) is 0 Å². The first kappa shape index (κ1) is 18.6. The summed E-state index contributed by atoms with van der Waals surface area (Å²) in [4.78, 5) is 0. The Morgan fingerprint density at radius 2 is 1.96 bits per heavy atom. The van der Waals surface area contributed by atoms with Gasteiger partial charge in [0.2, 0.25) is 0 Å². The molecule has 0 spiro atoms. The van der Waals surface area contributed by atoms with E-state index < -0.39 is 0 Å². The van der Waals surface area contributed by atoms with Gasteiger partial charge in [-0.15, -0.1) is 0 Å². The minimum atomic E-state index is 0.124. The van der Waals surface area contributed by atoms with Gasteiger partial charge in [-0.25, -0.2) is 0 Å². The van der Waals surface area contributed by atoms with Gasteiger partial charge in [0.15, 0.2) is 0 Å². The fraction of sp³-hybridized carbons (Fsp3) is 0.520. The standard InChI is InChI=1S/C25H32O2/c1-18-5-3-4-6-24(18)27-16-19-7-8-21-14-22(10-9-20(21)13-19)23-11-12-25(2,15-23)17-26/h3-6,9-10,14,19,23,26H,7-8,11-13,15-17H2,1-2H3/t19-,23-,25-/m0/s1. The molecule has 27 heavy (non-hydrogen) atoms. The van der Waals surface area contributed by atoms with Crippen LogP contribution in [-0.2, 0) is 12.8 Å². The van der Waals surface area contributed by atoms with E-state index >= 15 is 0 Å². The van der Waals surface area contributed by atoms with Gasteiger partial charge >= 0.3 is 0 Å². The van der Waals surface area contributed by atoms with Crippen molar-refractivity contribution in [1.82, 2.24) is 0 Å². The number of aliphatic hydroxyl groups excluding tert-OH is 1. The van der Waals surface area contributed by atoms with Crippen LogP contribution in [-0.4, -0.2) is 18.3 Å². The number of fused-ring (bicyclic) bond motifs is 1. The summed E-state index contributed by atoms with van der Waals surface area (Å²) in [5.74, 6) is 2.24. The van der Waals surface area contributed by atoms with Crippen LogP contribution in [0.4, 0.5) is 0 Å². The zero-order valence-electron chi connectivity index (χ0n) is 16.7. The summed E-state index contributed by atoms with van der Waals surface area (Å²) in [7, 11) is 0. The Hall–Kier alpha value is -1.80. The third-order valence-electron chi connectivity index (χ3n) is 6.82. The van der Waals surface area contributed by atoms with Crippen LogP contribution in [0, 0.1) is 18.3 Å². The van der Waals surface area contributed by atoms with Crippen LogP contribution >= 0.6 is 0 Å². The molecule has 144 valence electrons. The van der Waals surface area contributed by atoms with E-state index in [1.165, 1.54) is 35.1 Å². The highest BCUT2D eigenvalue weighted by atomic mass is 16.5. The fourth-order valence-electron chi connectivity index (χ4n) is 4.92. The molecule has 2 aromatic rings. The SMILES string of the molecule is Cc1ccccc1OC[C@H]1CCc2cc([C@H]3CC[C@](C)(CO)C3)ccc2C1. The van der Waals surface area contributed by atoms with Gasteiger partial charge < -0.3 is 9.84 Å². The smallest absolute Gasteiger partial charge is 0.122 e. The molecule has 3 atom stereocenters. The van der Waals surface area contributed by atoms with Gasteiger partial charge in [0.25, 0.3) is 0 Å². The second kappa shape index (κ2) is 7.67. The molecule has 0 bridgehead atoms. The minimum Gasteiger partial charge on any atom is -0.493 e. The summed E-state index contributed by atoms with van der Waals surface area (Å²) in [5.41, 5.74) is 5.87. The van der Waals surface area contributed by atoms with Crippen LogP contribution in [0.3, 0.4) is 0 Å². The average molecular weight is 365 g/mol. The highest BCUT2D eigenvalue weighted by molar-refractivity contribution is 5.37. The Morgan fingerprint density at radius 1 is 1.11 bits per heavy atom. The maximum atomic E-state index is 9.65. The summed E-state index contributed by atoms with van der Waals surface area (Å²) >= 11 is 0. The van der Waals surface area contributed by atoms with E-state index in [2.05, 4.69) is 50.2 Å². The second-order valence-electron chi connectivity index (χ2n) is 9.12. The topological polar surface area (TPSA) is 29.5 Å². The summed E-state index contributed by atoms with van der Waals surface area (Å²) in [5, 5.41) is 9.65. The number of hydrogen-bond donors (Lipinski definition) is 1. The summed E-state index contributed by atoms with van der Waals surface area (Å²) in [6, 6.07) is 15.4. The number of benzene rings is 2. The van der Waals surface area contributed by atoms with E-state index in [0.717, 1.165) is 38.0 Å². The Morgan fingerprint density at radius 3 is 2.74 bits per heavy atom.